The van der Waals surface area contributed by atoms with Crippen molar-refractivity contribution in [3.63, 3.8) is 0 Å². The summed E-state index contributed by atoms with van der Waals surface area (Å²) in [6.07, 6.45) is 1.47. The fourth-order valence-corrected chi connectivity index (χ4v) is 2.19. The Morgan fingerprint density at radius 1 is 0.958 bits per heavy atom. The Kier molecular flexibility index (Phi) is 4.38. The van der Waals surface area contributed by atoms with E-state index in [1.165, 1.54) is 6.33 Å². The molecule has 0 saturated carbocycles. The molecule has 120 valence electrons. The number of carboxylic acids is 1. The van der Waals surface area contributed by atoms with Crippen LogP contribution in [0.2, 0.25) is 0 Å². The van der Waals surface area contributed by atoms with Crippen molar-refractivity contribution in [1.29, 1.82) is 0 Å². The van der Waals surface area contributed by atoms with Crippen LogP contribution in [0.1, 0.15) is 15.9 Å². The summed E-state index contributed by atoms with van der Waals surface area (Å²) < 4.78 is 0. The summed E-state index contributed by atoms with van der Waals surface area (Å²) >= 11 is 0. The largest absolute Gasteiger partial charge is 0.478 e. The van der Waals surface area contributed by atoms with Crippen molar-refractivity contribution in [2.45, 2.75) is 6.92 Å². The topological polar surface area (TPSA) is 87.1 Å². The van der Waals surface area contributed by atoms with E-state index in [9.17, 15) is 4.79 Å². The number of benzene rings is 2. The van der Waals surface area contributed by atoms with E-state index in [4.69, 9.17) is 5.11 Å². The second-order valence-corrected chi connectivity index (χ2v) is 5.24. The highest BCUT2D eigenvalue weighted by atomic mass is 16.4. The fourth-order valence-electron chi connectivity index (χ4n) is 2.19. The van der Waals surface area contributed by atoms with Crippen molar-refractivity contribution in [2.24, 2.45) is 0 Å². The Balaban J connectivity index is 1.75. The van der Waals surface area contributed by atoms with Gasteiger partial charge < -0.3 is 15.7 Å². The minimum atomic E-state index is -0.951. The molecule has 0 aliphatic rings. The SMILES string of the molecule is Cc1ccccc1Nc1cc(Nc2ccc(C(=O)O)cc2)ncn1. The standard InChI is InChI=1S/C18H16N4O2/c1-12-4-2-3-5-15(12)22-17-10-16(19-11-20-17)21-14-8-6-13(7-9-14)18(23)24/h2-11H,1H3,(H,23,24)(H2,19,20,21,22). The van der Waals surface area contributed by atoms with Crippen molar-refractivity contribution >= 4 is 29.0 Å². The first kappa shape index (κ1) is 15.5. The molecule has 2 aromatic carbocycles. The van der Waals surface area contributed by atoms with E-state index in [1.54, 1.807) is 30.3 Å². The molecule has 0 bridgehead atoms. The number of carbonyl (C=O) groups is 1. The molecule has 1 heterocycles. The van der Waals surface area contributed by atoms with E-state index in [-0.39, 0.29) is 5.56 Å². The van der Waals surface area contributed by atoms with Crippen LogP contribution >= 0.6 is 0 Å². The molecule has 0 aliphatic carbocycles. The van der Waals surface area contributed by atoms with E-state index in [0.29, 0.717) is 11.6 Å². The maximum Gasteiger partial charge on any atom is 0.335 e. The van der Waals surface area contributed by atoms with Crippen molar-refractivity contribution in [3.05, 3.63) is 72.1 Å². The molecule has 1 aromatic heterocycles. The first-order valence-corrected chi connectivity index (χ1v) is 7.37. The van der Waals surface area contributed by atoms with Crippen molar-refractivity contribution in [1.82, 2.24) is 9.97 Å². The number of aromatic nitrogens is 2. The number of para-hydroxylation sites is 1. The number of aryl methyl sites for hydroxylation is 1. The molecule has 0 radical (unpaired) electrons. The van der Waals surface area contributed by atoms with Crippen LogP contribution < -0.4 is 10.6 Å². The molecule has 0 atom stereocenters. The zero-order valence-corrected chi connectivity index (χ0v) is 13.0. The highest BCUT2D eigenvalue weighted by Gasteiger charge is 2.04. The van der Waals surface area contributed by atoms with Crippen LogP contribution in [0.5, 0.6) is 0 Å². The third-order valence-corrected chi connectivity index (χ3v) is 3.48. The Morgan fingerprint density at radius 2 is 1.62 bits per heavy atom. The fraction of sp³-hybridized carbons (Fsp3) is 0.0556. The van der Waals surface area contributed by atoms with Gasteiger partial charge in [-0.3, -0.25) is 0 Å². The van der Waals surface area contributed by atoms with Gasteiger partial charge in [-0.2, -0.15) is 0 Å². The molecular weight excluding hydrogens is 304 g/mol. The van der Waals surface area contributed by atoms with Crippen LogP contribution in [0.25, 0.3) is 0 Å². The van der Waals surface area contributed by atoms with Gasteiger partial charge in [0.1, 0.15) is 18.0 Å². The van der Waals surface area contributed by atoms with Crippen LogP contribution in [0.15, 0.2) is 60.9 Å². The van der Waals surface area contributed by atoms with Crippen LogP contribution in [-0.2, 0) is 0 Å². The number of nitrogens with one attached hydrogen (secondary N) is 2. The summed E-state index contributed by atoms with van der Waals surface area (Å²) in [6, 6.07) is 16.2. The minimum Gasteiger partial charge on any atom is -0.478 e. The number of rotatable bonds is 5. The summed E-state index contributed by atoms with van der Waals surface area (Å²) in [5, 5.41) is 15.3. The predicted molar refractivity (Wildman–Crippen MR) is 93.2 cm³/mol. The lowest BCUT2D eigenvalue weighted by Gasteiger charge is -2.10. The number of aromatic carboxylic acids is 1. The van der Waals surface area contributed by atoms with Crippen molar-refractivity contribution in [3.8, 4) is 0 Å². The average molecular weight is 320 g/mol. The number of anilines is 4. The van der Waals surface area contributed by atoms with Crippen LogP contribution in [0.3, 0.4) is 0 Å². The summed E-state index contributed by atoms with van der Waals surface area (Å²) in [5.41, 5.74) is 3.09. The molecule has 0 saturated heterocycles. The highest BCUT2D eigenvalue weighted by molar-refractivity contribution is 5.88. The average Bonchev–Trinajstić information content (AvgIpc) is 2.58. The van der Waals surface area contributed by atoms with E-state index in [1.807, 2.05) is 31.2 Å². The molecule has 3 rings (SSSR count). The lowest BCUT2D eigenvalue weighted by molar-refractivity contribution is 0.0697. The summed E-state index contributed by atoms with van der Waals surface area (Å²) in [6.45, 7) is 2.02. The lowest BCUT2D eigenvalue weighted by atomic mass is 10.2. The van der Waals surface area contributed by atoms with Gasteiger partial charge in [-0.25, -0.2) is 14.8 Å². The highest BCUT2D eigenvalue weighted by Crippen LogP contribution is 2.21. The first-order valence-electron chi connectivity index (χ1n) is 7.37. The molecule has 3 N–H and O–H groups in total. The normalized spacial score (nSPS) is 10.2. The quantitative estimate of drug-likeness (QED) is 0.659. The molecule has 0 unspecified atom stereocenters. The Labute approximate surface area is 139 Å². The Bertz CT molecular complexity index is 863. The van der Waals surface area contributed by atoms with Gasteiger partial charge in [0.05, 0.1) is 5.56 Å². The number of hydrogen-bond donors (Lipinski definition) is 3. The second kappa shape index (κ2) is 6.78. The monoisotopic (exact) mass is 320 g/mol. The summed E-state index contributed by atoms with van der Waals surface area (Å²) in [5.74, 6) is 0.335. The van der Waals surface area contributed by atoms with Crippen LogP contribution in [-0.4, -0.2) is 21.0 Å². The molecule has 0 fully saturated rings. The van der Waals surface area contributed by atoms with Crippen LogP contribution in [0.4, 0.5) is 23.0 Å². The molecule has 0 aliphatic heterocycles. The zero-order chi connectivity index (χ0) is 16.9. The zero-order valence-electron chi connectivity index (χ0n) is 13.0. The molecule has 24 heavy (non-hydrogen) atoms. The lowest BCUT2D eigenvalue weighted by Crippen LogP contribution is -2.00. The summed E-state index contributed by atoms with van der Waals surface area (Å²) in [7, 11) is 0. The van der Waals surface area contributed by atoms with Gasteiger partial charge in [-0.1, -0.05) is 18.2 Å². The Hall–Kier alpha value is -3.41. The predicted octanol–water partition coefficient (Wildman–Crippen LogP) is 3.97. The third kappa shape index (κ3) is 3.67. The maximum atomic E-state index is 10.9. The van der Waals surface area contributed by atoms with Gasteiger partial charge in [-0.15, -0.1) is 0 Å². The minimum absolute atomic E-state index is 0.241. The summed E-state index contributed by atoms with van der Waals surface area (Å²) in [4.78, 5) is 19.3. The molecule has 0 amide bonds. The smallest absolute Gasteiger partial charge is 0.335 e. The van der Waals surface area contributed by atoms with Crippen molar-refractivity contribution < 1.29 is 9.90 Å². The number of nitrogens with zero attached hydrogens (tertiary/aromatic N) is 2. The maximum absolute atomic E-state index is 10.9. The molecule has 3 aromatic rings. The first-order chi connectivity index (χ1) is 11.6. The Morgan fingerprint density at radius 3 is 2.29 bits per heavy atom. The van der Waals surface area contributed by atoms with E-state index in [0.717, 1.165) is 16.9 Å². The van der Waals surface area contributed by atoms with Gasteiger partial charge in [0.25, 0.3) is 0 Å². The van der Waals surface area contributed by atoms with Gasteiger partial charge >= 0.3 is 5.97 Å². The van der Waals surface area contributed by atoms with E-state index in [2.05, 4.69) is 20.6 Å². The molecular formula is C18H16N4O2. The molecule has 6 nitrogen and oxygen atoms in total. The third-order valence-electron chi connectivity index (χ3n) is 3.48. The second-order valence-electron chi connectivity index (χ2n) is 5.24. The van der Waals surface area contributed by atoms with Gasteiger partial charge in [-0.05, 0) is 42.8 Å². The molecule has 6 heteroatoms. The van der Waals surface area contributed by atoms with E-state index >= 15 is 0 Å². The van der Waals surface area contributed by atoms with Gasteiger partial charge in [0, 0.05) is 17.4 Å². The van der Waals surface area contributed by atoms with Gasteiger partial charge in [0.15, 0.2) is 0 Å². The van der Waals surface area contributed by atoms with Crippen LogP contribution in [0, 0.1) is 6.92 Å². The number of carboxylic acid groups (broad SMARTS) is 1. The van der Waals surface area contributed by atoms with Gasteiger partial charge in [0.2, 0.25) is 0 Å². The number of hydrogen-bond acceptors (Lipinski definition) is 5. The van der Waals surface area contributed by atoms with Crippen molar-refractivity contribution in [2.75, 3.05) is 10.6 Å². The molecule has 0 spiro atoms. The van der Waals surface area contributed by atoms with E-state index < -0.39 is 5.97 Å².